The van der Waals surface area contributed by atoms with E-state index in [0.29, 0.717) is 31.2 Å². The van der Waals surface area contributed by atoms with Crippen LogP contribution in [0.15, 0.2) is 42.7 Å². The van der Waals surface area contributed by atoms with Crippen LogP contribution >= 0.6 is 0 Å². The molecule has 0 aliphatic heterocycles. The van der Waals surface area contributed by atoms with Crippen LogP contribution in [0.5, 0.6) is 0 Å². The third kappa shape index (κ3) is 3.59. The molecule has 0 saturated heterocycles. The summed E-state index contributed by atoms with van der Waals surface area (Å²) in [6, 6.07) is 9.63. The zero-order valence-electron chi connectivity index (χ0n) is 12.7. The van der Waals surface area contributed by atoms with Gasteiger partial charge in [0.1, 0.15) is 0 Å². The van der Waals surface area contributed by atoms with Crippen molar-refractivity contribution in [3.05, 3.63) is 48.3 Å². The highest BCUT2D eigenvalue weighted by Crippen LogP contribution is 2.24. The number of para-hydroxylation sites is 1. The van der Waals surface area contributed by atoms with Crippen molar-refractivity contribution in [3.63, 3.8) is 0 Å². The number of aliphatic carboxylic acids is 1. The van der Waals surface area contributed by atoms with Crippen molar-refractivity contribution < 1.29 is 14.7 Å². The lowest BCUT2D eigenvalue weighted by Crippen LogP contribution is -2.38. The number of aromatic nitrogens is 2. The third-order valence-corrected chi connectivity index (χ3v) is 4.28. The fraction of sp³-hybridized carbons (Fsp3) is 0.353. The van der Waals surface area contributed by atoms with Gasteiger partial charge in [-0.1, -0.05) is 18.2 Å². The van der Waals surface area contributed by atoms with Crippen molar-refractivity contribution in [1.29, 1.82) is 0 Å². The van der Waals surface area contributed by atoms with Gasteiger partial charge in [-0.25, -0.2) is 4.68 Å². The molecular formula is C17H19N3O3. The Morgan fingerprint density at radius 3 is 2.48 bits per heavy atom. The molecular weight excluding hydrogens is 294 g/mol. The number of benzene rings is 1. The van der Waals surface area contributed by atoms with Crippen LogP contribution in [0, 0.1) is 5.92 Å². The molecule has 0 radical (unpaired) electrons. The number of hydrogen-bond donors (Lipinski definition) is 2. The van der Waals surface area contributed by atoms with Crippen molar-refractivity contribution in [2.45, 2.75) is 31.7 Å². The van der Waals surface area contributed by atoms with Gasteiger partial charge >= 0.3 is 5.97 Å². The zero-order valence-corrected chi connectivity index (χ0v) is 12.7. The Hall–Kier alpha value is -2.63. The third-order valence-electron chi connectivity index (χ3n) is 4.28. The molecule has 1 amide bonds. The number of carboxylic acid groups (broad SMARTS) is 1. The fourth-order valence-corrected chi connectivity index (χ4v) is 2.92. The molecule has 23 heavy (non-hydrogen) atoms. The summed E-state index contributed by atoms with van der Waals surface area (Å²) in [5.74, 6) is -1.17. The van der Waals surface area contributed by atoms with E-state index >= 15 is 0 Å². The highest BCUT2D eigenvalue weighted by atomic mass is 16.4. The predicted octanol–water partition coefficient (Wildman–Crippen LogP) is 2.25. The first kappa shape index (κ1) is 15.3. The van der Waals surface area contributed by atoms with Gasteiger partial charge in [0, 0.05) is 12.2 Å². The van der Waals surface area contributed by atoms with Gasteiger partial charge in [0.2, 0.25) is 0 Å². The highest BCUT2D eigenvalue weighted by molar-refractivity contribution is 5.94. The maximum absolute atomic E-state index is 12.3. The van der Waals surface area contributed by atoms with E-state index in [0.717, 1.165) is 5.69 Å². The summed E-state index contributed by atoms with van der Waals surface area (Å²) in [4.78, 5) is 23.2. The molecule has 2 N–H and O–H groups in total. The average Bonchev–Trinajstić information content (AvgIpc) is 3.06. The smallest absolute Gasteiger partial charge is 0.306 e. The van der Waals surface area contributed by atoms with Gasteiger partial charge in [0.25, 0.3) is 5.91 Å². The first-order valence-corrected chi connectivity index (χ1v) is 7.77. The summed E-state index contributed by atoms with van der Waals surface area (Å²) in [6.07, 6.45) is 5.89. The summed E-state index contributed by atoms with van der Waals surface area (Å²) in [5.41, 5.74) is 1.41. The number of carbonyl (C=O) groups is 2. The largest absolute Gasteiger partial charge is 0.481 e. The number of carboxylic acids is 1. The van der Waals surface area contributed by atoms with Crippen LogP contribution in [0.1, 0.15) is 36.0 Å². The number of amides is 1. The molecule has 1 heterocycles. The SMILES string of the molecule is O=C(NC1CCC(C(=O)O)CC1)c1cnn(-c2ccccc2)c1. The minimum Gasteiger partial charge on any atom is -0.481 e. The van der Waals surface area contributed by atoms with Crippen molar-refractivity contribution in [1.82, 2.24) is 15.1 Å². The molecule has 2 aromatic rings. The molecule has 0 unspecified atom stereocenters. The quantitative estimate of drug-likeness (QED) is 0.906. The minimum atomic E-state index is -0.737. The summed E-state index contributed by atoms with van der Waals surface area (Å²) in [6.45, 7) is 0. The van der Waals surface area contributed by atoms with Crippen LogP contribution < -0.4 is 5.32 Å². The molecule has 1 saturated carbocycles. The van der Waals surface area contributed by atoms with E-state index in [2.05, 4.69) is 10.4 Å². The van der Waals surface area contributed by atoms with E-state index in [1.54, 1.807) is 17.1 Å². The van der Waals surface area contributed by atoms with E-state index < -0.39 is 5.97 Å². The molecule has 6 nitrogen and oxygen atoms in total. The Morgan fingerprint density at radius 2 is 1.83 bits per heavy atom. The Bertz CT molecular complexity index is 688. The van der Waals surface area contributed by atoms with E-state index in [-0.39, 0.29) is 17.9 Å². The van der Waals surface area contributed by atoms with E-state index in [1.807, 2.05) is 30.3 Å². The molecule has 6 heteroatoms. The monoisotopic (exact) mass is 313 g/mol. The second-order valence-electron chi connectivity index (χ2n) is 5.87. The molecule has 0 spiro atoms. The lowest BCUT2D eigenvalue weighted by atomic mass is 9.86. The van der Waals surface area contributed by atoms with Crippen LogP contribution in [0.3, 0.4) is 0 Å². The molecule has 120 valence electrons. The van der Waals surface area contributed by atoms with Gasteiger partial charge < -0.3 is 10.4 Å². The Kier molecular flexibility index (Phi) is 4.41. The van der Waals surface area contributed by atoms with Gasteiger partial charge in [-0.05, 0) is 37.8 Å². The molecule has 1 fully saturated rings. The van der Waals surface area contributed by atoms with E-state index in [9.17, 15) is 9.59 Å². The summed E-state index contributed by atoms with van der Waals surface area (Å²) >= 11 is 0. The number of carbonyl (C=O) groups excluding carboxylic acids is 1. The van der Waals surface area contributed by atoms with Crippen molar-refractivity contribution in [2.24, 2.45) is 5.92 Å². The van der Waals surface area contributed by atoms with Crippen molar-refractivity contribution in [2.75, 3.05) is 0 Å². The van der Waals surface area contributed by atoms with Gasteiger partial charge in [-0.2, -0.15) is 5.10 Å². The van der Waals surface area contributed by atoms with E-state index in [1.165, 1.54) is 0 Å². The maximum atomic E-state index is 12.3. The zero-order chi connectivity index (χ0) is 16.2. The second-order valence-corrected chi connectivity index (χ2v) is 5.87. The van der Waals surface area contributed by atoms with Crippen LogP contribution in [-0.4, -0.2) is 32.8 Å². The lowest BCUT2D eigenvalue weighted by molar-refractivity contribution is -0.142. The predicted molar refractivity (Wildman–Crippen MR) is 84.4 cm³/mol. The van der Waals surface area contributed by atoms with Gasteiger partial charge in [0.05, 0.1) is 23.4 Å². The van der Waals surface area contributed by atoms with Gasteiger partial charge in [0.15, 0.2) is 0 Å². The first-order chi connectivity index (χ1) is 11.1. The minimum absolute atomic E-state index is 0.0400. The molecule has 3 rings (SSSR count). The Morgan fingerprint density at radius 1 is 1.13 bits per heavy atom. The first-order valence-electron chi connectivity index (χ1n) is 7.77. The Labute approximate surface area is 134 Å². The van der Waals surface area contributed by atoms with Crippen molar-refractivity contribution in [3.8, 4) is 5.69 Å². The molecule has 0 atom stereocenters. The number of nitrogens with zero attached hydrogens (tertiary/aromatic N) is 2. The second kappa shape index (κ2) is 6.64. The van der Waals surface area contributed by atoms with Crippen LogP contribution in [-0.2, 0) is 4.79 Å². The number of nitrogens with one attached hydrogen (secondary N) is 1. The van der Waals surface area contributed by atoms with Crippen molar-refractivity contribution >= 4 is 11.9 Å². The number of hydrogen-bond acceptors (Lipinski definition) is 3. The molecule has 1 aromatic heterocycles. The summed E-state index contributed by atoms with van der Waals surface area (Å²) < 4.78 is 1.66. The topological polar surface area (TPSA) is 84.2 Å². The van der Waals surface area contributed by atoms with Crippen LogP contribution in [0.2, 0.25) is 0 Å². The Balaban J connectivity index is 1.59. The summed E-state index contributed by atoms with van der Waals surface area (Å²) in [5, 5.41) is 16.2. The fourth-order valence-electron chi connectivity index (χ4n) is 2.92. The lowest BCUT2D eigenvalue weighted by Gasteiger charge is -2.26. The maximum Gasteiger partial charge on any atom is 0.306 e. The van der Waals surface area contributed by atoms with Crippen LogP contribution in [0.25, 0.3) is 5.69 Å². The molecule has 1 aromatic carbocycles. The molecule has 0 bridgehead atoms. The van der Waals surface area contributed by atoms with Gasteiger partial charge in [-0.3, -0.25) is 9.59 Å². The molecule has 1 aliphatic rings. The standard InChI is InChI=1S/C17H19N3O3/c21-16(19-14-8-6-12(7-9-14)17(22)23)13-10-18-20(11-13)15-4-2-1-3-5-15/h1-5,10-12,14H,6-9H2,(H,19,21)(H,22,23). The average molecular weight is 313 g/mol. The van der Waals surface area contributed by atoms with E-state index in [4.69, 9.17) is 5.11 Å². The normalized spacial score (nSPS) is 20.9. The molecule has 1 aliphatic carbocycles. The summed E-state index contributed by atoms with van der Waals surface area (Å²) in [7, 11) is 0. The van der Waals surface area contributed by atoms with Crippen LogP contribution in [0.4, 0.5) is 0 Å². The van der Waals surface area contributed by atoms with Gasteiger partial charge in [-0.15, -0.1) is 0 Å². The highest BCUT2D eigenvalue weighted by Gasteiger charge is 2.27. The number of rotatable bonds is 4.